The number of rotatable bonds is 7. The summed E-state index contributed by atoms with van der Waals surface area (Å²) in [6.07, 6.45) is 0. The number of anilines is 2. The van der Waals surface area contributed by atoms with Crippen LogP contribution in [0, 0.1) is 5.82 Å². The normalized spacial score (nSPS) is 11.4. The number of amides is 1. The van der Waals surface area contributed by atoms with Crippen LogP contribution in [0.1, 0.15) is 10.4 Å². The van der Waals surface area contributed by atoms with Gasteiger partial charge < -0.3 is 4.90 Å². The molecule has 6 aromatic rings. The predicted molar refractivity (Wildman–Crippen MR) is 182 cm³/mol. The number of nitrogens with one attached hydrogen (secondary N) is 2. The number of hydrogen-bond acceptors (Lipinski definition) is 9. The van der Waals surface area contributed by atoms with Gasteiger partial charge in [0.05, 0.1) is 31.9 Å². The van der Waals surface area contributed by atoms with Gasteiger partial charge in [0.15, 0.2) is 21.9 Å². The minimum absolute atomic E-state index is 0.0150. The third kappa shape index (κ3) is 7.94. The quantitative estimate of drug-likeness (QED) is 0.200. The van der Waals surface area contributed by atoms with E-state index in [1.54, 1.807) is 62.6 Å². The van der Waals surface area contributed by atoms with Crippen LogP contribution in [0.25, 0.3) is 22.1 Å². The molecule has 0 spiro atoms. The Bertz CT molecular complexity index is 2360. The third-order valence-corrected chi connectivity index (χ3v) is 9.70. The fourth-order valence-corrected chi connectivity index (χ4v) is 6.60. The number of aromatic nitrogens is 4. The summed E-state index contributed by atoms with van der Waals surface area (Å²) in [5.74, 6) is -0.878. The number of halogens is 3. The van der Waals surface area contributed by atoms with E-state index in [2.05, 4.69) is 29.4 Å². The van der Waals surface area contributed by atoms with Crippen LogP contribution in [0.5, 0.6) is 0 Å². The highest BCUT2D eigenvalue weighted by Crippen LogP contribution is 2.25. The molecule has 12 nitrogen and oxygen atoms in total. The van der Waals surface area contributed by atoms with Crippen molar-refractivity contribution < 1.29 is 26.0 Å². The second-order valence-corrected chi connectivity index (χ2v) is 14.2. The molecule has 1 amide bonds. The zero-order valence-corrected chi connectivity index (χ0v) is 28.1. The Morgan fingerprint density at radius 3 is 1.33 bits per heavy atom. The van der Waals surface area contributed by atoms with Gasteiger partial charge in [-0.1, -0.05) is 47.5 Å². The molecule has 0 aliphatic heterocycles. The Morgan fingerprint density at radius 1 is 0.604 bits per heavy atom. The van der Waals surface area contributed by atoms with Crippen molar-refractivity contribution in [2.45, 2.75) is 9.79 Å². The molecule has 246 valence electrons. The van der Waals surface area contributed by atoms with Crippen molar-refractivity contribution in [1.82, 2.24) is 24.8 Å². The lowest BCUT2D eigenvalue weighted by Gasteiger charge is -2.12. The number of carbonyl (C=O) groups excluding carboxylic acids is 1. The molecule has 0 unspecified atom stereocenters. The van der Waals surface area contributed by atoms with Gasteiger partial charge in [0.25, 0.3) is 26.0 Å². The van der Waals surface area contributed by atoms with E-state index in [1.807, 2.05) is 0 Å². The highest BCUT2D eigenvalue weighted by Gasteiger charge is 2.20. The van der Waals surface area contributed by atoms with Gasteiger partial charge in [0, 0.05) is 19.7 Å². The fraction of sp³-hybridized carbons (Fsp3) is 0.0645. The van der Waals surface area contributed by atoms with E-state index in [9.17, 15) is 26.0 Å². The van der Waals surface area contributed by atoms with Gasteiger partial charge in [0.2, 0.25) is 0 Å². The largest absolute Gasteiger partial charge is 0.345 e. The summed E-state index contributed by atoms with van der Waals surface area (Å²) >= 11 is 12.0. The Labute approximate surface area is 284 Å². The molecule has 2 heterocycles. The standard InChI is InChI=1S/C17H15ClN4O3S.C14H9ClFN3O2S/c1-22(2)17(23)11-7-9-12(10-8-11)26(24,25)21-16-15(18)19-13-5-3-4-6-14(13)20-16;15-13-14(18-12-4-2-1-3-11(12)17-13)19-22(20,21)10-7-5-9(16)6-8-10/h3-10H,1-2H3,(H,20,21);1-8H,(H,18,19). The van der Waals surface area contributed by atoms with Crippen LogP contribution in [-0.2, 0) is 20.0 Å². The van der Waals surface area contributed by atoms with Gasteiger partial charge in [-0.25, -0.2) is 41.2 Å². The predicted octanol–water partition coefficient (Wildman–Crippen LogP) is 6.01. The number of para-hydroxylation sites is 4. The number of nitrogens with zero attached hydrogens (tertiary/aromatic N) is 5. The van der Waals surface area contributed by atoms with Crippen LogP contribution >= 0.6 is 23.2 Å². The van der Waals surface area contributed by atoms with E-state index in [0.717, 1.165) is 24.3 Å². The molecular formula is C31H24Cl2FN7O5S2. The summed E-state index contributed by atoms with van der Waals surface area (Å²) in [6, 6.07) is 23.9. The van der Waals surface area contributed by atoms with Crippen molar-refractivity contribution in [3.63, 3.8) is 0 Å². The number of benzene rings is 4. The van der Waals surface area contributed by atoms with Crippen LogP contribution in [-0.4, -0.2) is 61.7 Å². The first-order valence-electron chi connectivity index (χ1n) is 13.7. The third-order valence-electron chi connectivity index (χ3n) is 6.46. The Morgan fingerprint density at radius 2 is 0.958 bits per heavy atom. The van der Waals surface area contributed by atoms with E-state index in [-0.39, 0.29) is 37.6 Å². The first kappa shape index (κ1) is 34.4. The average Bonchev–Trinajstić information content (AvgIpc) is 3.05. The van der Waals surface area contributed by atoms with E-state index < -0.39 is 25.9 Å². The van der Waals surface area contributed by atoms with Gasteiger partial charge in [-0.05, 0) is 72.8 Å². The Balaban J connectivity index is 0.000000190. The van der Waals surface area contributed by atoms with Crippen molar-refractivity contribution in [3.8, 4) is 0 Å². The summed E-state index contributed by atoms with van der Waals surface area (Å²) in [7, 11) is -4.61. The molecule has 0 atom stereocenters. The Hall–Kier alpha value is -4.96. The van der Waals surface area contributed by atoms with Crippen molar-refractivity contribution in [3.05, 3.63) is 119 Å². The number of carbonyl (C=O) groups is 1. The van der Waals surface area contributed by atoms with Crippen LogP contribution in [0.2, 0.25) is 10.3 Å². The molecule has 48 heavy (non-hydrogen) atoms. The first-order chi connectivity index (χ1) is 22.7. The van der Waals surface area contributed by atoms with E-state index in [1.165, 1.54) is 29.2 Å². The van der Waals surface area contributed by atoms with Gasteiger partial charge in [-0.2, -0.15) is 0 Å². The molecule has 6 rings (SSSR count). The van der Waals surface area contributed by atoms with Crippen molar-refractivity contribution in [1.29, 1.82) is 0 Å². The van der Waals surface area contributed by atoms with Crippen molar-refractivity contribution in [2.75, 3.05) is 23.5 Å². The minimum Gasteiger partial charge on any atom is -0.345 e. The summed E-state index contributed by atoms with van der Waals surface area (Å²) < 4.78 is 67.1. The second-order valence-electron chi connectivity index (χ2n) is 10.1. The summed E-state index contributed by atoms with van der Waals surface area (Å²) in [5, 5.41) is -0.115. The highest BCUT2D eigenvalue weighted by atomic mass is 35.5. The zero-order chi connectivity index (χ0) is 34.6. The van der Waals surface area contributed by atoms with Crippen LogP contribution in [0.15, 0.2) is 107 Å². The lowest BCUT2D eigenvalue weighted by atomic mass is 10.2. The summed E-state index contributed by atoms with van der Waals surface area (Å²) in [5.41, 5.74) is 2.52. The summed E-state index contributed by atoms with van der Waals surface area (Å²) in [6.45, 7) is 0. The van der Waals surface area contributed by atoms with Crippen molar-refractivity contribution in [2.24, 2.45) is 0 Å². The molecular weight excluding hydrogens is 704 g/mol. The maximum Gasteiger partial charge on any atom is 0.263 e. The number of fused-ring (bicyclic) bond motifs is 2. The molecule has 4 aromatic carbocycles. The lowest BCUT2D eigenvalue weighted by molar-refractivity contribution is 0.0827. The topological polar surface area (TPSA) is 164 Å². The first-order valence-corrected chi connectivity index (χ1v) is 17.4. The molecule has 0 saturated heterocycles. The van der Waals surface area contributed by atoms with Gasteiger partial charge in [-0.15, -0.1) is 0 Å². The lowest BCUT2D eigenvalue weighted by Crippen LogP contribution is -2.21. The molecule has 0 saturated carbocycles. The van der Waals surface area contributed by atoms with Crippen LogP contribution < -0.4 is 9.44 Å². The Kier molecular flexibility index (Phi) is 10.0. The molecule has 0 aliphatic rings. The zero-order valence-electron chi connectivity index (χ0n) is 25.0. The fourth-order valence-electron chi connectivity index (χ4n) is 4.11. The average molecular weight is 729 g/mol. The highest BCUT2D eigenvalue weighted by molar-refractivity contribution is 7.93. The molecule has 0 bridgehead atoms. The van der Waals surface area contributed by atoms with Gasteiger partial charge >= 0.3 is 0 Å². The van der Waals surface area contributed by atoms with Crippen LogP contribution in [0.4, 0.5) is 16.0 Å². The van der Waals surface area contributed by atoms with E-state index in [4.69, 9.17) is 23.2 Å². The number of hydrogen-bond donors (Lipinski definition) is 2. The maximum atomic E-state index is 12.9. The number of sulfonamides is 2. The van der Waals surface area contributed by atoms with Gasteiger partial charge in [-0.3, -0.25) is 14.2 Å². The maximum absolute atomic E-state index is 12.9. The molecule has 2 aromatic heterocycles. The van der Waals surface area contributed by atoms with E-state index in [0.29, 0.717) is 27.6 Å². The molecule has 0 radical (unpaired) electrons. The SMILES string of the molecule is CN(C)C(=O)c1ccc(S(=O)(=O)Nc2nc3ccccc3nc2Cl)cc1.O=S(=O)(Nc1nc2ccccc2nc1Cl)c1ccc(F)cc1. The minimum atomic E-state index is -3.93. The van der Waals surface area contributed by atoms with Crippen molar-refractivity contribution >= 4 is 82.9 Å². The molecule has 0 fully saturated rings. The van der Waals surface area contributed by atoms with Crippen LogP contribution in [0.3, 0.4) is 0 Å². The molecule has 17 heteroatoms. The smallest absolute Gasteiger partial charge is 0.263 e. The second kappa shape index (κ2) is 14.0. The molecule has 2 N–H and O–H groups in total. The van der Waals surface area contributed by atoms with Gasteiger partial charge in [0.1, 0.15) is 5.82 Å². The van der Waals surface area contributed by atoms with E-state index >= 15 is 0 Å². The summed E-state index contributed by atoms with van der Waals surface area (Å²) in [4.78, 5) is 29.8. The molecule has 0 aliphatic carbocycles. The monoisotopic (exact) mass is 727 g/mol.